The molecule has 8 heteroatoms. The second-order valence-corrected chi connectivity index (χ2v) is 8.22. The van der Waals surface area contributed by atoms with Gasteiger partial charge in [-0.2, -0.15) is 9.40 Å². The topological polar surface area (TPSA) is 84.3 Å². The molecule has 1 N–H and O–H groups in total. The van der Waals surface area contributed by atoms with Crippen molar-refractivity contribution in [3.8, 4) is 0 Å². The third kappa shape index (κ3) is 3.74. The molecule has 0 aliphatic carbocycles. The number of aryl methyl sites for hydroxylation is 2. The van der Waals surface area contributed by atoms with E-state index in [0.29, 0.717) is 36.5 Å². The molecule has 1 fully saturated rings. The van der Waals surface area contributed by atoms with E-state index in [0.717, 1.165) is 5.69 Å². The fraction of sp³-hybridized carbons (Fsp3) is 0.412. The van der Waals surface area contributed by atoms with Crippen LogP contribution in [0.1, 0.15) is 18.5 Å². The molecule has 0 bridgehead atoms. The number of nitrogens with one attached hydrogen (secondary N) is 1. The largest absolute Gasteiger partial charge is 0.323 e. The van der Waals surface area contributed by atoms with Crippen LogP contribution in [-0.4, -0.2) is 41.5 Å². The Morgan fingerprint density at radius 2 is 1.84 bits per heavy atom. The van der Waals surface area contributed by atoms with E-state index in [1.165, 1.54) is 4.31 Å². The molecule has 0 radical (unpaired) electrons. The van der Waals surface area contributed by atoms with Gasteiger partial charge in [-0.1, -0.05) is 18.2 Å². The van der Waals surface area contributed by atoms with E-state index >= 15 is 0 Å². The smallest absolute Gasteiger partial charge is 0.243 e. The van der Waals surface area contributed by atoms with Crippen molar-refractivity contribution in [2.45, 2.75) is 24.7 Å². The summed E-state index contributed by atoms with van der Waals surface area (Å²) in [6.45, 7) is 2.54. The summed E-state index contributed by atoms with van der Waals surface area (Å²) in [6, 6.07) is 8.40. The van der Waals surface area contributed by atoms with Crippen LogP contribution in [0.4, 0.5) is 5.69 Å². The van der Waals surface area contributed by atoms with Crippen LogP contribution in [0.25, 0.3) is 0 Å². The highest BCUT2D eigenvalue weighted by Gasteiger charge is 2.32. The maximum atomic E-state index is 12.6. The SMILES string of the molecule is Cc1nn(C)cc1NC(=O)C1CCN(S(=O)(=O)c2ccccc2)CC1. The van der Waals surface area contributed by atoms with Gasteiger partial charge in [0, 0.05) is 32.3 Å². The lowest BCUT2D eigenvalue weighted by atomic mass is 9.97. The molecule has 1 aliphatic rings. The number of anilines is 1. The summed E-state index contributed by atoms with van der Waals surface area (Å²) < 4.78 is 28.3. The molecular weight excluding hydrogens is 340 g/mol. The highest BCUT2D eigenvalue weighted by molar-refractivity contribution is 7.89. The lowest BCUT2D eigenvalue weighted by molar-refractivity contribution is -0.120. The van der Waals surface area contributed by atoms with E-state index in [9.17, 15) is 13.2 Å². The van der Waals surface area contributed by atoms with E-state index < -0.39 is 10.0 Å². The average Bonchev–Trinajstić information content (AvgIpc) is 2.93. The quantitative estimate of drug-likeness (QED) is 0.898. The zero-order chi connectivity index (χ0) is 18.0. The number of aromatic nitrogens is 2. The Morgan fingerprint density at radius 1 is 1.20 bits per heavy atom. The van der Waals surface area contributed by atoms with Gasteiger partial charge >= 0.3 is 0 Å². The van der Waals surface area contributed by atoms with Gasteiger partial charge in [0.25, 0.3) is 0 Å². The first kappa shape index (κ1) is 17.6. The molecule has 1 aliphatic heterocycles. The molecule has 0 unspecified atom stereocenters. The van der Waals surface area contributed by atoms with Crippen molar-refractivity contribution in [2.75, 3.05) is 18.4 Å². The Morgan fingerprint density at radius 3 is 2.40 bits per heavy atom. The highest BCUT2D eigenvalue weighted by Crippen LogP contribution is 2.25. The van der Waals surface area contributed by atoms with E-state index in [1.807, 2.05) is 6.92 Å². The summed E-state index contributed by atoms with van der Waals surface area (Å²) in [7, 11) is -1.68. The molecular formula is C17H22N4O3S. The number of hydrogen-bond acceptors (Lipinski definition) is 4. The van der Waals surface area contributed by atoms with Crippen molar-refractivity contribution in [3.05, 3.63) is 42.2 Å². The maximum Gasteiger partial charge on any atom is 0.243 e. The van der Waals surface area contributed by atoms with Crippen LogP contribution in [0.2, 0.25) is 0 Å². The number of carbonyl (C=O) groups is 1. The fourth-order valence-electron chi connectivity index (χ4n) is 3.06. The zero-order valence-electron chi connectivity index (χ0n) is 14.3. The number of sulfonamides is 1. The molecule has 3 rings (SSSR count). The Bertz CT molecular complexity index is 853. The zero-order valence-corrected chi connectivity index (χ0v) is 15.2. The molecule has 25 heavy (non-hydrogen) atoms. The van der Waals surface area contributed by atoms with Crippen molar-refractivity contribution >= 4 is 21.6 Å². The minimum absolute atomic E-state index is 0.0761. The van der Waals surface area contributed by atoms with Crippen molar-refractivity contribution < 1.29 is 13.2 Å². The number of nitrogens with zero attached hydrogens (tertiary/aromatic N) is 3. The molecule has 2 heterocycles. The number of hydrogen-bond donors (Lipinski definition) is 1. The van der Waals surface area contributed by atoms with Gasteiger partial charge in [-0.15, -0.1) is 0 Å². The van der Waals surface area contributed by atoms with Gasteiger partial charge in [-0.05, 0) is 31.9 Å². The third-order valence-corrected chi connectivity index (χ3v) is 6.39. The van der Waals surface area contributed by atoms with Crippen molar-refractivity contribution in [2.24, 2.45) is 13.0 Å². The first-order valence-corrected chi connectivity index (χ1v) is 9.68. The minimum atomic E-state index is -3.49. The molecule has 1 aromatic carbocycles. The molecule has 0 saturated carbocycles. The van der Waals surface area contributed by atoms with Crippen molar-refractivity contribution in [1.29, 1.82) is 0 Å². The summed E-state index contributed by atoms with van der Waals surface area (Å²) in [4.78, 5) is 12.7. The number of amides is 1. The summed E-state index contributed by atoms with van der Waals surface area (Å²) >= 11 is 0. The summed E-state index contributed by atoms with van der Waals surface area (Å²) in [5, 5.41) is 7.10. The predicted molar refractivity (Wildman–Crippen MR) is 94.5 cm³/mol. The predicted octanol–water partition coefficient (Wildman–Crippen LogP) is 1.77. The van der Waals surface area contributed by atoms with Crippen molar-refractivity contribution in [1.82, 2.24) is 14.1 Å². The van der Waals surface area contributed by atoms with Crippen LogP contribution in [0.15, 0.2) is 41.4 Å². The molecule has 0 atom stereocenters. The van der Waals surface area contributed by atoms with Gasteiger partial charge in [0.1, 0.15) is 0 Å². The second-order valence-electron chi connectivity index (χ2n) is 6.28. The molecule has 0 spiro atoms. The monoisotopic (exact) mass is 362 g/mol. The standard InChI is InChI=1S/C17H22N4O3S/c1-13-16(12-20(2)19-13)18-17(22)14-8-10-21(11-9-14)25(23,24)15-6-4-3-5-7-15/h3-7,12,14H,8-11H2,1-2H3,(H,18,22). The number of rotatable bonds is 4. The average molecular weight is 362 g/mol. The van der Waals surface area contributed by atoms with Crippen LogP contribution in [0.5, 0.6) is 0 Å². The first-order chi connectivity index (χ1) is 11.9. The van der Waals surface area contributed by atoms with Crippen molar-refractivity contribution in [3.63, 3.8) is 0 Å². The number of carbonyl (C=O) groups excluding carboxylic acids is 1. The number of benzene rings is 1. The van der Waals surface area contributed by atoms with Crippen LogP contribution >= 0.6 is 0 Å². The molecule has 1 amide bonds. The third-order valence-electron chi connectivity index (χ3n) is 4.48. The molecule has 1 aromatic heterocycles. The highest BCUT2D eigenvalue weighted by atomic mass is 32.2. The van der Waals surface area contributed by atoms with Crippen LogP contribution in [-0.2, 0) is 21.9 Å². The summed E-state index contributed by atoms with van der Waals surface area (Å²) in [5.74, 6) is -0.269. The number of piperidine rings is 1. The second kappa shape index (κ2) is 6.97. The Labute approximate surface area is 147 Å². The van der Waals surface area contributed by atoms with Crippen LogP contribution in [0, 0.1) is 12.8 Å². The van der Waals surface area contributed by atoms with Crippen LogP contribution < -0.4 is 5.32 Å². The van der Waals surface area contributed by atoms with Gasteiger partial charge < -0.3 is 5.32 Å². The first-order valence-electron chi connectivity index (χ1n) is 8.24. The van der Waals surface area contributed by atoms with Gasteiger partial charge in [0.2, 0.25) is 15.9 Å². The van der Waals surface area contributed by atoms with E-state index in [-0.39, 0.29) is 11.8 Å². The Hall–Kier alpha value is -2.19. The normalized spacial score (nSPS) is 16.7. The Balaban J connectivity index is 1.62. The van der Waals surface area contributed by atoms with E-state index in [4.69, 9.17) is 0 Å². The molecule has 134 valence electrons. The maximum absolute atomic E-state index is 12.6. The lowest BCUT2D eigenvalue weighted by Crippen LogP contribution is -2.41. The Kier molecular flexibility index (Phi) is 4.91. The molecule has 2 aromatic rings. The van der Waals surface area contributed by atoms with Gasteiger partial charge in [-0.3, -0.25) is 9.48 Å². The van der Waals surface area contributed by atoms with Gasteiger partial charge in [0.05, 0.1) is 16.3 Å². The summed E-state index contributed by atoms with van der Waals surface area (Å²) in [6.07, 6.45) is 2.79. The summed E-state index contributed by atoms with van der Waals surface area (Å²) in [5.41, 5.74) is 1.46. The van der Waals surface area contributed by atoms with E-state index in [1.54, 1.807) is 48.3 Å². The van der Waals surface area contributed by atoms with Gasteiger partial charge in [-0.25, -0.2) is 8.42 Å². The van der Waals surface area contributed by atoms with Gasteiger partial charge in [0.15, 0.2) is 0 Å². The molecule has 7 nitrogen and oxygen atoms in total. The minimum Gasteiger partial charge on any atom is -0.323 e. The fourth-order valence-corrected chi connectivity index (χ4v) is 4.55. The van der Waals surface area contributed by atoms with Crippen LogP contribution in [0.3, 0.4) is 0 Å². The van der Waals surface area contributed by atoms with E-state index in [2.05, 4.69) is 10.4 Å². The lowest BCUT2D eigenvalue weighted by Gasteiger charge is -2.30. The molecule has 1 saturated heterocycles.